The predicted molar refractivity (Wildman–Crippen MR) is 92.2 cm³/mol. The number of ether oxygens (including phenoxy) is 1. The van der Waals surface area contributed by atoms with Gasteiger partial charge in [-0.25, -0.2) is 0 Å². The average Bonchev–Trinajstić information content (AvgIpc) is 2.65. The molecule has 0 aromatic carbocycles. The first kappa shape index (κ1) is 18.8. The zero-order valence-corrected chi connectivity index (χ0v) is 15.7. The van der Waals surface area contributed by atoms with E-state index in [0.717, 1.165) is 38.4 Å². The summed E-state index contributed by atoms with van der Waals surface area (Å²) in [5.74, 6) is 0.333. The molecule has 23 heavy (non-hydrogen) atoms. The second kappa shape index (κ2) is 6.75. The molecule has 0 amide bonds. The maximum atomic E-state index is 12.4. The average molecular weight is 324 g/mol. The Labute approximate surface area is 141 Å². The highest BCUT2D eigenvalue weighted by Crippen LogP contribution is 2.45. The smallest absolute Gasteiger partial charge is 0.458 e. The lowest BCUT2D eigenvalue weighted by molar-refractivity contribution is -0.156. The van der Waals surface area contributed by atoms with Crippen molar-refractivity contribution >= 4 is 13.1 Å². The molecular weight excluding hydrogens is 291 g/mol. The van der Waals surface area contributed by atoms with Gasteiger partial charge >= 0.3 is 13.1 Å². The Balaban J connectivity index is 1.98. The van der Waals surface area contributed by atoms with Crippen LogP contribution in [0.4, 0.5) is 0 Å². The standard InChI is InChI=1S/C18H33BO4/c1-14(13-19-22-16(2,3)17(4,5)23-19)12-18(15(20)21-6)10-8-7-9-11-18/h14H,7-13H2,1-6H3. The summed E-state index contributed by atoms with van der Waals surface area (Å²) in [7, 11) is 1.32. The number of carbonyl (C=O) groups excluding carboxylic acids is 1. The first-order chi connectivity index (χ1) is 10.6. The van der Waals surface area contributed by atoms with E-state index in [1.807, 2.05) is 0 Å². The molecule has 1 saturated heterocycles. The van der Waals surface area contributed by atoms with Crippen molar-refractivity contribution in [1.82, 2.24) is 0 Å². The van der Waals surface area contributed by atoms with Crippen LogP contribution in [0.25, 0.3) is 0 Å². The quantitative estimate of drug-likeness (QED) is 0.561. The van der Waals surface area contributed by atoms with E-state index in [0.29, 0.717) is 5.92 Å². The Hall–Kier alpha value is -0.545. The van der Waals surface area contributed by atoms with Crippen molar-refractivity contribution in [3.8, 4) is 0 Å². The molecule has 1 atom stereocenters. The molecule has 2 aliphatic rings. The molecule has 132 valence electrons. The van der Waals surface area contributed by atoms with Gasteiger partial charge in [0.25, 0.3) is 0 Å². The van der Waals surface area contributed by atoms with Crippen molar-refractivity contribution in [3.05, 3.63) is 0 Å². The van der Waals surface area contributed by atoms with E-state index in [1.165, 1.54) is 13.5 Å². The third-order valence-corrected chi connectivity index (χ3v) is 6.07. The molecule has 1 unspecified atom stereocenters. The Morgan fingerprint density at radius 3 is 2.09 bits per heavy atom. The summed E-state index contributed by atoms with van der Waals surface area (Å²) in [6.07, 6.45) is 7.07. The van der Waals surface area contributed by atoms with Crippen molar-refractivity contribution in [2.45, 2.75) is 90.7 Å². The highest BCUT2D eigenvalue weighted by molar-refractivity contribution is 6.45. The Morgan fingerprint density at radius 2 is 1.61 bits per heavy atom. The van der Waals surface area contributed by atoms with Crippen molar-refractivity contribution in [3.63, 3.8) is 0 Å². The van der Waals surface area contributed by atoms with Crippen LogP contribution in [-0.4, -0.2) is 31.4 Å². The van der Waals surface area contributed by atoms with Crippen molar-refractivity contribution in [1.29, 1.82) is 0 Å². The Morgan fingerprint density at radius 1 is 1.09 bits per heavy atom. The first-order valence-electron chi connectivity index (χ1n) is 9.06. The van der Waals surface area contributed by atoms with Gasteiger partial charge < -0.3 is 14.0 Å². The minimum atomic E-state index is -0.296. The SMILES string of the molecule is COC(=O)C1(CC(C)CB2OC(C)(C)C(C)(C)O2)CCCCC1. The van der Waals surface area contributed by atoms with Gasteiger partial charge in [0.05, 0.1) is 23.7 Å². The van der Waals surface area contributed by atoms with Gasteiger partial charge in [-0.1, -0.05) is 26.2 Å². The zero-order chi connectivity index (χ0) is 17.3. The third-order valence-electron chi connectivity index (χ3n) is 6.07. The summed E-state index contributed by atoms with van der Waals surface area (Å²) in [6.45, 7) is 10.5. The summed E-state index contributed by atoms with van der Waals surface area (Å²) < 4.78 is 17.3. The second-order valence-corrected chi connectivity index (χ2v) is 8.56. The summed E-state index contributed by atoms with van der Waals surface area (Å²) in [5.41, 5.74) is -0.874. The summed E-state index contributed by atoms with van der Waals surface area (Å²) in [4.78, 5) is 12.4. The lowest BCUT2D eigenvalue weighted by atomic mass is 9.65. The number of esters is 1. The largest absolute Gasteiger partial charge is 0.469 e. The lowest BCUT2D eigenvalue weighted by Crippen LogP contribution is -2.41. The number of hydrogen-bond acceptors (Lipinski definition) is 4. The minimum absolute atomic E-state index is 0.0297. The fourth-order valence-electron chi connectivity index (χ4n) is 4.08. The fraction of sp³-hybridized carbons (Fsp3) is 0.944. The summed E-state index contributed by atoms with van der Waals surface area (Å²) in [5, 5.41) is 0. The molecule has 0 aromatic rings. The molecule has 1 heterocycles. The van der Waals surface area contributed by atoms with Crippen molar-refractivity contribution < 1.29 is 18.8 Å². The molecule has 1 aliphatic heterocycles. The summed E-state index contributed by atoms with van der Waals surface area (Å²) >= 11 is 0. The normalized spacial score (nSPS) is 26.8. The van der Waals surface area contributed by atoms with E-state index < -0.39 is 0 Å². The van der Waals surface area contributed by atoms with Crippen LogP contribution in [0.3, 0.4) is 0 Å². The Bertz CT molecular complexity index is 411. The molecule has 0 bridgehead atoms. The van der Waals surface area contributed by atoms with Gasteiger partial charge in [0.2, 0.25) is 0 Å². The second-order valence-electron chi connectivity index (χ2n) is 8.56. The van der Waals surface area contributed by atoms with Crippen LogP contribution >= 0.6 is 0 Å². The van der Waals surface area contributed by atoms with Crippen LogP contribution in [0.2, 0.25) is 6.32 Å². The lowest BCUT2D eigenvalue weighted by Gasteiger charge is -2.36. The van der Waals surface area contributed by atoms with E-state index in [9.17, 15) is 4.79 Å². The molecule has 0 spiro atoms. The van der Waals surface area contributed by atoms with Crippen LogP contribution in [0.5, 0.6) is 0 Å². The molecule has 4 nitrogen and oxygen atoms in total. The van der Waals surface area contributed by atoms with E-state index >= 15 is 0 Å². The number of hydrogen-bond donors (Lipinski definition) is 0. The molecule has 1 saturated carbocycles. The molecule has 2 rings (SSSR count). The molecule has 2 fully saturated rings. The van der Waals surface area contributed by atoms with Crippen LogP contribution in [-0.2, 0) is 18.8 Å². The predicted octanol–water partition coefficient (Wildman–Crippen LogP) is 4.23. The zero-order valence-electron chi connectivity index (χ0n) is 15.7. The third kappa shape index (κ3) is 3.93. The van der Waals surface area contributed by atoms with Gasteiger partial charge in [-0.3, -0.25) is 4.79 Å². The van der Waals surface area contributed by atoms with Gasteiger partial charge in [-0.2, -0.15) is 0 Å². The van der Waals surface area contributed by atoms with Crippen LogP contribution in [0.1, 0.15) is 73.1 Å². The van der Waals surface area contributed by atoms with Gasteiger partial charge in [-0.05, 0) is 59.2 Å². The van der Waals surface area contributed by atoms with Crippen LogP contribution in [0, 0.1) is 11.3 Å². The van der Waals surface area contributed by atoms with E-state index in [1.54, 1.807) is 0 Å². The van der Waals surface area contributed by atoms with Crippen molar-refractivity contribution in [2.24, 2.45) is 11.3 Å². The summed E-state index contributed by atoms with van der Waals surface area (Å²) in [6, 6.07) is 0. The Kier molecular flexibility index (Phi) is 5.52. The van der Waals surface area contributed by atoms with E-state index in [2.05, 4.69) is 34.6 Å². The molecule has 0 radical (unpaired) electrons. The number of carbonyl (C=O) groups is 1. The van der Waals surface area contributed by atoms with Gasteiger partial charge in [0.15, 0.2) is 0 Å². The van der Waals surface area contributed by atoms with E-state index in [-0.39, 0.29) is 29.7 Å². The van der Waals surface area contributed by atoms with Gasteiger partial charge in [0.1, 0.15) is 0 Å². The molecule has 5 heteroatoms. The maximum absolute atomic E-state index is 12.4. The van der Waals surface area contributed by atoms with Crippen LogP contribution < -0.4 is 0 Å². The van der Waals surface area contributed by atoms with Gasteiger partial charge in [0, 0.05) is 0 Å². The highest BCUT2D eigenvalue weighted by atomic mass is 16.7. The number of rotatable bonds is 5. The molecule has 0 aromatic heterocycles. The minimum Gasteiger partial charge on any atom is -0.469 e. The maximum Gasteiger partial charge on any atom is 0.458 e. The molecule has 0 N–H and O–H groups in total. The fourth-order valence-corrected chi connectivity index (χ4v) is 4.08. The van der Waals surface area contributed by atoms with E-state index in [4.69, 9.17) is 14.0 Å². The van der Waals surface area contributed by atoms with Gasteiger partial charge in [-0.15, -0.1) is 0 Å². The highest BCUT2D eigenvalue weighted by Gasteiger charge is 2.51. The molecular formula is C18H33BO4. The first-order valence-corrected chi connectivity index (χ1v) is 9.06. The number of methoxy groups -OCH3 is 1. The topological polar surface area (TPSA) is 44.8 Å². The van der Waals surface area contributed by atoms with Crippen LogP contribution in [0.15, 0.2) is 0 Å². The molecule has 1 aliphatic carbocycles. The monoisotopic (exact) mass is 324 g/mol. The van der Waals surface area contributed by atoms with Crippen molar-refractivity contribution in [2.75, 3.05) is 7.11 Å².